The Kier molecular flexibility index (Phi) is 4.54. The average Bonchev–Trinajstić information content (AvgIpc) is 2.65. The van der Waals surface area contributed by atoms with Gasteiger partial charge in [0.15, 0.2) is 0 Å². The van der Waals surface area contributed by atoms with Gasteiger partial charge < -0.3 is 10.3 Å². The van der Waals surface area contributed by atoms with Crippen molar-refractivity contribution in [3.8, 4) is 0 Å². The van der Waals surface area contributed by atoms with Crippen LogP contribution < -0.4 is 5.73 Å². The number of hydrogen-bond acceptors (Lipinski definition) is 2. The van der Waals surface area contributed by atoms with E-state index in [0.29, 0.717) is 6.04 Å². The molecule has 1 rings (SSSR count). The summed E-state index contributed by atoms with van der Waals surface area (Å²) in [6.45, 7) is 3.00. The minimum absolute atomic E-state index is 0.594. The minimum atomic E-state index is 0.594. The van der Waals surface area contributed by atoms with Gasteiger partial charge in [-0.15, -0.1) is 0 Å². The molecule has 0 aliphatic rings. The largest absolute Gasteiger partial charge is 0.334 e. The van der Waals surface area contributed by atoms with E-state index in [2.05, 4.69) is 16.5 Å². The number of nitrogens with zero attached hydrogens (tertiary/aromatic N) is 2. The van der Waals surface area contributed by atoms with Crippen molar-refractivity contribution in [2.24, 2.45) is 5.73 Å². The van der Waals surface area contributed by atoms with E-state index in [4.69, 9.17) is 5.73 Å². The van der Waals surface area contributed by atoms with Crippen LogP contribution in [0.5, 0.6) is 0 Å². The van der Waals surface area contributed by atoms with Gasteiger partial charge in [-0.25, -0.2) is 4.98 Å². The molecular weight excluding hydrogens is 162 g/mol. The smallest absolute Gasteiger partial charge is 0.0948 e. The van der Waals surface area contributed by atoms with E-state index in [9.17, 15) is 0 Å². The molecule has 0 saturated carbocycles. The Morgan fingerprint density at radius 3 is 2.85 bits per heavy atom. The van der Waals surface area contributed by atoms with Crippen LogP contribution in [-0.2, 0) is 0 Å². The summed E-state index contributed by atoms with van der Waals surface area (Å²) < 4.78 is 2.19. The van der Waals surface area contributed by atoms with Crippen molar-refractivity contribution >= 4 is 0 Å². The fourth-order valence-corrected chi connectivity index (χ4v) is 1.61. The standard InChI is InChI=1S/C10H19N3/c1-2-4-10(5-3-6-11)13-8-7-12-9-13/h7-10H,2-6,11H2,1H3. The van der Waals surface area contributed by atoms with E-state index in [1.165, 1.54) is 19.3 Å². The molecule has 0 amide bonds. The predicted molar refractivity (Wildman–Crippen MR) is 54.5 cm³/mol. The first-order chi connectivity index (χ1) is 6.38. The third-order valence-electron chi connectivity index (χ3n) is 2.31. The van der Waals surface area contributed by atoms with Crippen LogP contribution in [-0.4, -0.2) is 16.1 Å². The summed E-state index contributed by atoms with van der Waals surface area (Å²) in [5.41, 5.74) is 5.50. The van der Waals surface area contributed by atoms with Gasteiger partial charge in [0.25, 0.3) is 0 Å². The van der Waals surface area contributed by atoms with Gasteiger partial charge in [-0.2, -0.15) is 0 Å². The van der Waals surface area contributed by atoms with Crippen LogP contribution in [0.15, 0.2) is 18.7 Å². The van der Waals surface area contributed by atoms with Crippen molar-refractivity contribution in [2.75, 3.05) is 6.54 Å². The topological polar surface area (TPSA) is 43.8 Å². The second-order valence-corrected chi connectivity index (χ2v) is 3.38. The van der Waals surface area contributed by atoms with Gasteiger partial charge in [-0.1, -0.05) is 13.3 Å². The van der Waals surface area contributed by atoms with Crippen LogP contribution in [0.3, 0.4) is 0 Å². The first-order valence-electron chi connectivity index (χ1n) is 5.06. The molecule has 0 saturated heterocycles. The zero-order chi connectivity index (χ0) is 9.52. The second-order valence-electron chi connectivity index (χ2n) is 3.38. The zero-order valence-corrected chi connectivity index (χ0v) is 8.32. The van der Waals surface area contributed by atoms with E-state index in [1.807, 2.05) is 18.7 Å². The SMILES string of the molecule is CCCC(CCCN)n1ccnc1. The van der Waals surface area contributed by atoms with Crippen LogP contribution >= 0.6 is 0 Å². The van der Waals surface area contributed by atoms with Crippen molar-refractivity contribution in [1.29, 1.82) is 0 Å². The number of nitrogens with two attached hydrogens (primary N) is 1. The summed E-state index contributed by atoms with van der Waals surface area (Å²) in [6.07, 6.45) is 10.5. The first-order valence-corrected chi connectivity index (χ1v) is 5.06. The Bertz CT molecular complexity index is 206. The Hall–Kier alpha value is -0.830. The molecule has 74 valence electrons. The molecular formula is C10H19N3. The summed E-state index contributed by atoms with van der Waals surface area (Å²) in [5.74, 6) is 0. The molecule has 0 aromatic carbocycles. The summed E-state index contributed by atoms with van der Waals surface area (Å²) in [5, 5.41) is 0. The third kappa shape index (κ3) is 3.19. The lowest BCUT2D eigenvalue weighted by molar-refractivity contribution is 0.421. The Morgan fingerprint density at radius 1 is 1.46 bits per heavy atom. The van der Waals surface area contributed by atoms with E-state index in [-0.39, 0.29) is 0 Å². The number of aromatic nitrogens is 2. The van der Waals surface area contributed by atoms with Crippen molar-refractivity contribution in [3.63, 3.8) is 0 Å². The quantitative estimate of drug-likeness (QED) is 0.729. The first kappa shape index (κ1) is 10.3. The lowest BCUT2D eigenvalue weighted by Crippen LogP contribution is -2.09. The monoisotopic (exact) mass is 181 g/mol. The lowest BCUT2D eigenvalue weighted by Gasteiger charge is -2.16. The molecule has 1 aromatic rings. The van der Waals surface area contributed by atoms with E-state index in [0.717, 1.165) is 13.0 Å². The van der Waals surface area contributed by atoms with Crippen molar-refractivity contribution < 1.29 is 0 Å². The maximum atomic E-state index is 5.50. The van der Waals surface area contributed by atoms with Crippen molar-refractivity contribution in [1.82, 2.24) is 9.55 Å². The van der Waals surface area contributed by atoms with Gasteiger partial charge in [-0.3, -0.25) is 0 Å². The second kappa shape index (κ2) is 5.75. The highest BCUT2D eigenvalue weighted by Crippen LogP contribution is 2.18. The Morgan fingerprint density at radius 2 is 2.31 bits per heavy atom. The summed E-state index contributed by atoms with van der Waals surface area (Å²) in [7, 11) is 0. The molecule has 1 atom stereocenters. The molecule has 1 unspecified atom stereocenters. The average molecular weight is 181 g/mol. The molecule has 13 heavy (non-hydrogen) atoms. The van der Waals surface area contributed by atoms with E-state index >= 15 is 0 Å². The highest BCUT2D eigenvalue weighted by Gasteiger charge is 2.07. The zero-order valence-electron chi connectivity index (χ0n) is 8.32. The normalized spacial score (nSPS) is 13.1. The fourth-order valence-electron chi connectivity index (χ4n) is 1.61. The van der Waals surface area contributed by atoms with Gasteiger partial charge in [0, 0.05) is 18.4 Å². The number of hydrogen-bond donors (Lipinski definition) is 1. The van der Waals surface area contributed by atoms with Crippen molar-refractivity contribution in [2.45, 2.75) is 38.6 Å². The molecule has 2 N–H and O–H groups in total. The van der Waals surface area contributed by atoms with Crippen molar-refractivity contribution in [3.05, 3.63) is 18.7 Å². The Labute approximate surface area is 80.0 Å². The molecule has 1 heterocycles. The maximum absolute atomic E-state index is 5.50. The minimum Gasteiger partial charge on any atom is -0.334 e. The highest BCUT2D eigenvalue weighted by atomic mass is 15.0. The van der Waals surface area contributed by atoms with Gasteiger partial charge in [-0.05, 0) is 25.8 Å². The molecule has 1 aromatic heterocycles. The number of rotatable bonds is 6. The van der Waals surface area contributed by atoms with Crippen LogP contribution in [0, 0.1) is 0 Å². The van der Waals surface area contributed by atoms with Crippen LogP contribution in [0.4, 0.5) is 0 Å². The van der Waals surface area contributed by atoms with Crippen LogP contribution in [0.1, 0.15) is 38.6 Å². The lowest BCUT2D eigenvalue weighted by atomic mass is 10.1. The fraction of sp³-hybridized carbons (Fsp3) is 0.700. The molecule has 3 heteroatoms. The van der Waals surface area contributed by atoms with E-state index in [1.54, 1.807) is 0 Å². The molecule has 0 fully saturated rings. The third-order valence-corrected chi connectivity index (χ3v) is 2.31. The molecule has 0 bridgehead atoms. The highest BCUT2D eigenvalue weighted by molar-refractivity contribution is 4.80. The molecule has 0 radical (unpaired) electrons. The molecule has 0 aliphatic heterocycles. The molecule has 3 nitrogen and oxygen atoms in total. The maximum Gasteiger partial charge on any atom is 0.0948 e. The van der Waals surface area contributed by atoms with Gasteiger partial charge in [0.05, 0.1) is 6.33 Å². The van der Waals surface area contributed by atoms with Gasteiger partial charge >= 0.3 is 0 Å². The molecule has 0 aliphatic carbocycles. The van der Waals surface area contributed by atoms with Gasteiger partial charge in [0.1, 0.15) is 0 Å². The number of imidazole rings is 1. The predicted octanol–water partition coefficient (Wildman–Crippen LogP) is 1.96. The Balaban J connectivity index is 2.47. The summed E-state index contributed by atoms with van der Waals surface area (Å²) in [4.78, 5) is 4.07. The summed E-state index contributed by atoms with van der Waals surface area (Å²) in [6, 6.07) is 0.594. The summed E-state index contributed by atoms with van der Waals surface area (Å²) >= 11 is 0. The van der Waals surface area contributed by atoms with Crippen LogP contribution in [0.25, 0.3) is 0 Å². The van der Waals surface area contributed by atoms with Gasteiger partial charge in [0.2, 0.25) is 0 Å². The molecule has 0 spiro atoms. The van der Waals surface area contributed by atoms with Crippen LogP contribution in [0.2, 0.25) is 0 Å². The van der Waals surface area contributed by atoms with E-state index < -0.39 is 0 Å².